The number of alkyl carbamates (subject to hydrolysis) is 1. The molecule has 2 N–H and O–H groups in total. The van der Waals surface area contributed by atoms with E-state index in [1.54, 1.807) is 0 Å². The zero-order valence-corrected chi connectivity index (χ0v) is 17.7. The van der Waals surface area contributed by atoms with Gasteiger partial charge in [-0.15, -0.1) is 0 Å². The second-order valence-corrected chi connectivity index (χ2v) is 8.16. The molecule has 3 heterocycles. The van der Waals surface area contributed by atoms with Crippen LogP contribution in [0.2, 0.25) is 0 Å². The monoisotopic (exact) mass is 421 g/mol. The number of aromatic nitrogens is 2. The van der Waals surface area contributed by atoms with Gasteiger partial charge < -0.3 is 24.6 Å². The molecular weight excluding hydrogens is 394 g/mol. The van der Waals surface area contributed by atoms with Crippen molar-refractivity contribution < 1.29 is 14.3 Å². The second-order valence-electron chi connectivity index (χ2n) is 8.16. The number of amides is 1. The Labute approximate surface area is 181 Å². The molecule has 0 atom stereocenters. The zero-order valence-electron chi connectivity index (χ0n) is 17.7. The summed E-state index contributed by atoms with van der Waals surface area (Å²) in [5, 5.41) is 11.5. The maximum absolute atomic E-state index is 12.1. The molecule has 162 valence electrons. The molecule has 31 heavy (non-hydrogen) atoms. The number of anilines is 1. The number of nitrogens with zero attached hydrogens (tertiary/aromatic N) is 3. The van der Waals surface area contributed by atoms with Crippen molar-refractivity contribution in [3.05, 3.63) is 42.0 Å². The Morgan fingerprint density at radius 1 is 1.03 bits per heavy atom. The summed E-state index contributed by atoms with van der Waals surface area (Å²) in [6.45, 7) is 5.19. The molecule has 4 bridgehead atoms. The van der Waals surface area contributed by atoms with Crippen LogP contribution in [0.3, 0.4) is 0 Å². The van der Waals surface area contributed by atoms with Crippen LogP contribution in [0.4, 0.5) is 10.5 Å². The maximum atomic E-state index is 12.1. The molecule has 2 aliphatic heterocycles. The van der Waals surface area contributed by atoms with Crippen molar-refractivity contribution in [3.63, 3.8) is 0 Å². The minimum atomic E-state index is -0.413. The van der Waals surface area contributed by atoms with Crippen molar-refractivity contribution >= 4 is 22.7 Å². The van der Waals surface area contributed by atoms with E-state index in [1.807, 2.05) is 18.2 Å². The largest absolute Gasteiger partial charge is 0.494 e. The number of hydrogen-bond donors (Lipinski definition) is 2. The van der Waals surface area contributed by atoms with Gasteiger partial charge in [-0.1, -0.05) is 0 Å². The number of rotatable bonds is 1. The molecule has 5 rings (SSSR count). The molecule has 0 saturated carbocycles. The Morgan fingerprint density at radius 3 is 2.77 bits per heavy atom. The van der Waals surface area contributed by atoms with Crippen LogP contribution in [-0.4, -0.2) is 67.6 Å². The summed E-state index contributed by atoms with van der Waals surface area (Å²) in [6, 6.07) is 12.3. The van der Waals surface area contributed by atoms with Crippen LogP contribution in [0.25, 0.3) is 22.2 Å². The third-order valence-corrected chi connectivity index (χ3v) is 5.88. The van der Waals surface area contributed by atoms with E-state index in [2.05, 4.69) is 50.6 Å². The predicted molar refractivity (Wildman–Crippen MR) is 120 cm³/mol. The number of benzene rings is 2. The van der Waals surface area contributed by atoms with Crippen LogP contribution in [0.1, 0.15) is 12.0 Å². The molecule has 1 fully saturated rings. The summed E-state index contributed by atoms with van der Waals surface area (Å²) in [5.74, 6) is 0.794. The lowest BCUT2D eigenvalue weighted by atomic mass is 10.0. The van der Waals surface area contributed by atoms with Gasteiger partial charge in [0, 0.05) is 49.4 Å². The highest BCUT2D eigenvalue weighted by Gasteiger charge is 2.18. The van der Waals surface area contributed by atoms with E-state index in [9.17, 15) is 4.79 Å². The Bertz CT molecular complexity index is 1090. The lowest BCUT2D eigenvalue weighted by molar-refractivity contribution is 0.139. The smallest absolute Gasteiger partial charge is 0.407 e. The number of nitrogens with one attached hydrogen (secondary N) is 2. The number of H-pyrrole nitrogens is 1. The molecule has 0 unspecified atom stereocenters. The third kappa shape index (κ3) is 4.29. The highest BCUT2D eigenvalue weighted by atomic mass is 16.5. The van der Waals surface area contributed by atoms with Gasteiger partial charge in [0.2, 0.25) is 0 Å². The number of ether oxygens (including phenoxy) is 2. The van der Waals surface area contributed by atoms with Crippen LogP contribution in [0.15, 0.2) is 36.4 Å². The first kappa shape index (κ1) is 19.7. The molecule has 3 aromatic rings. The van der Waals surface area contributed by atoms with E-state index < -0.39 is 6.09 Å². The van der Waals surface area contributed by atoms with E-state index in [0.29, 0.717) is 19.6 Å². The third-order valence-electron chi connectivity index (χ3n) is 5.88. The first-order chi connectivity index (χ1) is 15.2. The minimum absolute atomic E-state index is 0.213. The summed E-state index contributed by atoms with van der Waals surface area (Å²) in [5.41, 5.74) is 4.90. The Balaban J connectivity index is 1.58. The normalized spacial score (nSPS) is 18.1. The Morgan fingerprint density at radius 2 is 1.90 bits per heavy atom. The van der Waals surface area contributed by atoms with Gasteiger partial charge in [-0.25, -0.2) is 4.79 Å². The number of fused-ring (bicyclic) bond motifs is 4. The molecule has 8 heteroatoms. The summed E-state index contributed by atoms with van der Waals surface area (Å²) in [7, 11) is 2.15. The second kappa shape index (κ2) is 8.47. The van der Waals surface area contributed by atoms with Gasteiger partial charge in [0.1, 0.15) is 18.1 Å². The van der Waals surface area contributed by atoms with Crippen molar-refractivity contribution in [2.45, 2.75) is 13.0 Å². The molecule has 1 aromatic heterocycles. The van der Waals surface area contributed by atoms with Crippen LogP contribution < -0.4 is 15.0 Å². The SMILES string of the molecule is CN1CCN(c2cc3cc(c2)-c2n[nH]c4ccc(cc24)OCCCNC(=O)OC3)CC1. The highest BCUT2D eigenvalue weighted by molar-refractivity contribution is 5.94. The van der Waals surface area contributed by atoms with Gasteiger partial charge in [-0.2, -0.15) is 5.10 Å². The predicted octanol–water partition coefficient (Wildman–Crippen LogP) is 2.99. The standard InChI is InChI=1S/C23H27N5O3/c1-27-6-8-28(9-7-27)18-12-16-11-17(13-18)22-20-14-19(3-4-21(20)25-26-22)30-10-2-5-24-23(29)31-15-16/h3-4,11-14H,2,5-10,15H2,1H3,(H,24,29)(H,25,26). The molecule has 0 radical (unpaired) electrons. The topological polar surface area (TPSA) is 82.7 Å². The van der Waals surface area contributed by atoms with Gasteiger partial charge >= 0.3 is 6.09 Å². The molecule has 0 aliphatic carbocycles. The van der Waals surface area contributed by atoms with Gasteiger partial charge in [0.15, 0.2) is 0 Å². The van der Waals surface area contributed by atoms with Crippen LogP contribution >= 0.6 is 0 Å². The molecular formula is C23H27N5O3. The van der Waals surface area contributed by atoms with Crippen LogP contribution in [-0.2, 0) is 11.3 Å². The summed E-state index contributed by atoms with van der Waals surface area (Å²) in [4.78, 5) is 16.8. The van der Waals surface area contributed by atoms with Crippen molar-refractivity contribution in [1.29, 1.82) is 0 Å². The van der Waals surface area contributed by atoms with Crippen molar-refractivity contribution in [1.82, 2.24) is 20.4 Å². The average Bonchev–Trinajstić information content (AvgIpc) is 3.20. The van der Waals surface area contributed by atoms with Gasteiger partial charge in [0.25, 0.3) is 0 Å². The van der Waals surface area contributed by atoms with E-state index in [1.165, 1.54) is 0 Å². The fraction of sp³-hybridized carbons (Fsp3) is 0.391. The van der Waals surface area contributed by atoms with E-state index in [-0.39, 0.29) is 6.61 Å². The van der Waals surface area contributed by atoms with E-state index in [0.717, 1.165) is 65.3 Å². The van der Waals surface area contributed by atoms with Gasteiger partial charge in [-0.05, 0) is 55.4 Å². The number of cyclic esters (lactones) is 1. The quantitative estimate of drug-likeness (QED) is 0.629. The molecule has 2 aromatic carbocycles. The minimum Gasteiger partial charge on any atom is -0.494 e. The first-order valence-corrected chi connectivity index (χ1v) is 10.7. The van der Waals surface area contributed by atoms with Crippen molar-refractivity contribution in [3.8, 4) is 17.0 Å². The Kier molecular flexibility index (Phi) is 5.38. The molecule has 8 nitrogen and oxygen atoms in total. The lowest BCUT2D eigenvalue weighted by Gasteiger charge is -2.34. The van der Waals surface area contributed by atoms with Crippen molar-refractivity contribution in [2.24, 2.45) is 0 Å². The summed E-state index contributed by atoms with van der Waals surface area (Å²) < 4.78 is 11.4. The lowest BCUT2D eigenvalue weighted by Crippen LogP contribution is -2.44. The fourth-order valence-electron chi connectivity index (χ4n) is 4.10. The zero-order chi connectivity index (χ0) is 21.2. The van der Waals surface area contributed by atoms with E-state index >= 15 is 0 Å². The van der Waals surface area contributed by atoms with Crippen molar-refractivity contribution in [2.75, 3.05) is 51.3 Å². The molecule has 2 aliphatic rings. The van der Waals surface area contributed by atoms with Gasteiger partial charge in [0.05, 0.1) is 12.1 Å². The average molecular weight is 422 g/mol. The molecule has 1 saturated heterocycles. The molecule has 1 amide bonds. The fourth-order valence-corrected chi connectivity index (χ4v) is 4.10. The number of hydrogen-bond acceptors (Lipinski definition) is 6. The summed E-state index contributed by atoms with van der Waals surface area (Å²) >= 11 is 0. The highest BCUT2D eigenvalue weighted by Crippen LogP contribution is 2.33. The van der Waals surface area contributed by atoms with Crippen LogP contribution in [0.5, 0.6) is 5.75 Å². The number of likely N-dealkylation sites (N-methyl/N-ethyl adjacent to an activating group) is 1. The molecule has 0 spiro atoms. The Hall–Kier alpha value is -3.26. The van der Waals surface area contributed by atoms with Gasteiger partial charge in [-0.3, -0.25) is 5.10 Å². The summed E-state index contributed by atoms with van der Waals surface area (Å²) in [6.07, 6.45) is 0.288. The number of piperazine rings is 1. The first-order valence-electron chi connectivity index (χ1n) is 10.7. The van der Waals surface area contributed by atoms with E-state index in [4.69, 9.17) is 9.47 Å². The number of carbonyl (C=O) groups excluding carboxylic acids is 1. The maximum Gasteiger partial charge on any atom is 0.407 e. The van der Waals surface area contributed by atoms with Crippen LogP contribution in [0, 0.1) is 0 Å². The number of carbonyl (C=O) groups is 1. The number of aromatic amines is 1.